The largest absolute Gasteiger partial charge is 0.432 e. The second-order valence-electron chi connectivity index (χ2n) is 4.08. The number of oxazole rings is 1. The molecule has 1 aliphatic heterocycles. The Balaban J connectivity index is 2.06. The van der Waals surface area contributed by atoms with Crippen LogP contribution in [0.15, 0.2) is 10.7 Å². The van der Waals surface area contributed by atoms with Crippen molar-refractivity contribution < 1.29 is 17.6 Å². The third-order valence-corrected chi connectivity index (χ3v) is 3.11. The maximum absolute atomic E-state index is 12.6. The highest BCUT2D eigenvalue weighted by atomic mass is 35.5. The zero-order chi connectivity index (χ0) is 12.5. The highest BCUT2D eigenvalue weighted by Gasteiger charge is 2.42. The van der Waals surface area contributed by atoms with E-state index in [0.717, 1.165) is 0 Å². The van der Waals surface area contributed by atoms with Crippen LogP contribution in [-0.2, 0) is 5.88 Å². The summed E-state index contributed by atoms with van der Waals surface area (Å²) in [6, 6.07) is 0.231. The van der Waals surface area contributed by atoms with Crippen LogP contribution >= 0.6 is 11.6 Å². The molecule has 17 heavy (non-hydrogen) atoms. The fourth-order valence-corrected chi connectivity index (χ4v) is 2.04. The van der Waals surface area contributed by atoms with Gasteiger partial charge in [-0.3, -0.25) is 0 Å². The van der Waals surface area contributed by atoms with E-state index >= 15 is 0 Å². The van der Waals surface area contributed by atoms with Crippen molar-refractivity contribution in [2.45, 2.75) is 24.9 Å². The first-order valence-corrected chi connectivity index (χ1v) is 5.86. The number of anilines is 1. The molecule has 0 N–H and O–H groups in total. The molecule has 7 heteroatoms. The summed E-state index contributed by atoms with van der Waals surface area (Å²) in [5.41, 5.74) is 0.538. The number of nitrogens with zero attached hydrogens (tertiary/aromatic N) is 2. The Morgan fingerprint density at radius 2 is 2.29 bits per heavy atom. The summed E-state index contributed by atoms with van der Waals surface area (Å²) in [6.45, 7) is 0.445. The first-order chi connectivity index (χ1) is 8.00. The summed E-state index contributed by atoms with van der Waals surface area (Å²) >= 11 is 5.56. The fourth-order valence-electron chi connectivity index (χ4n) is 1.92. The smallest absolute Gasteiger partial charge is 0.393 e. The molecular formula is C10H12ClF3N2O. The Morgan fingerprint density at radius 3 is 2.88 bits per heavy atom. The number of hydrogen-bond acceptors (Lipinski definition) is 3. The predicted octanol–water partition coefficient (Wildman–Crippen LogP) is 3.19. The third kappa shape index (κ3) is 2.86. The van der Waals surface area contributed by atoms with E-state index in [1.54, 1.807) is 0 Å². The van der Waals surface area contributed by atoms with Crippen molar-refractivity contribution in [3.8, 4) is 0 Å². The van der Waals surface area contributed by atoms with Crippen molar-refractivity contribution in [1.82, 2.24) is 4.98 Å². The topological polar surface area (TPSA) is 29.3 Å². The molecule has 1 fully saturated rings. The van der Waals surface area contributed by atoms with Crippen molar-refractivity contribution in [3.63, 3.8) is 0 Å². The normalized spacial score (nSPS) is 21.9. The molecule has 0 amide bonds. The maximum atomic E-state index is 12.6. The summed E-state index contributed by atoms with van der Waals surface area (Å²) in [7, 11) is 0. The van der Waals surface area contributed by atoms with Crippen LogP contribution in [0.4, 0.5) is 19.2 Å². The highest BCUT2D eigenvalue weighted by molar-refractivity contribution is 6.16. The summed E-state index contributed by atoms with van der Waals surface area (Å²) in [5.74, 6) is -1.11. The molecule has 0 spiro atoms. The number of halogens is 4. The van der Waals surface area contributed by atoms with Gasteiger partial charge in [-0.2, -0.15) is 18.2 Å². The van der Waals surface area contributed by atoms with E-state index in [0.29, 0.717) is 18.7 Å². The Morgan fingerprint density at radius 1 is 1.53 bits per heavy atom. The van der Waals surface area contributed by atoms with Gasteiger partial charge in [-0.15, -0.1) is 11.6 Å². The second kappa shape index (κ2) is 4.76. The van der Waals surface area contributed by atoms with Gasteiger partial charge in [0.2, 0.25) is 0 Å². The van der Waals surface area contributed by atoms with Crippen molar-refractivity contribution in [3.05, 3.63) is 12.0 Å². The lowest BCUT2D eigenvalue weighted by Gasteiger charge is -2.32. The van der Waals surface area contributed by atoms with Crippen LogP contribution in [0.25, 0.3) is 0 Å². The van der Waals surface area contributed by atoms with Crippen molar-refractivity contribution in [1.29, 1.82) is 0 Å². The van der Waals surface area contributed by atoms with Gasteiger partial charge in [0.25, 0.3) is 6.01 Å². The Kier molecular flexibility index (Phi) is 3.51. The van der Waals surface area contributed by atoms with E-state index < -0.39 is 12.1 Å². The van der Waals surface area contributed by atoms with Gasteiger partial charge in [-0.05, 0) is 12.8 Å². The minimum atomic E-state index is -4.15. The molecule has 1 atom stereocenters. The average molecular weight is 269 g/mol. The number of hydrogen-bond donors (Lipinski definition) is 0. The van der Waals surface area contributed by atoms with Crippen LogP contribution in [-0.4, -0.2) is 24.2 Å². The number of aromatic nitrogens is 1. The molecule has 0 saturated carbocycles. The van der Waals surface area contributed by atoms with Crippen molar-refractivity contribution in [2.75, 3.05) is 18.0 Å². The van der Waals surface area contributed by atoms with Gasteiger partial charge in [-0.1, -0.05) is 0 Å². The van der Waals surface area contributed by atoms with E-state index in [4.69, 9.17) is 16.0 Å². The van der Waals surface area contributed by atoms with Gasteiger partial charge in [0, 0.05) is 13.1 Å². The average Bonchev–Trinajstić information content (AvgIpc) is 2.76. The molecule has 2 rings (SSSR count). The molecule has 0 aliphatic carbocycles. The van der Waals surface area contributed by atoms with E-state index in [2.05, 4.69) is 4.98 Å². The maximum Gasteiger partial charge on any atom is 0.393 e. The molecular weight excluding hydrogens is 257 g/mol. The minimum absolute atomic E-state index is 0.0915. The number of rotatable bonds is 2. The van der Waals surface area contributed by atoms with Crippen LogP contribution in [0.2, 0.25) is 0 Å². The van der Waals surface area contributed by atoms with E-state index in [1.165, 1.54) is 11.2 Å². The Labute approximate surface area is 102 Å². The van der Waals surface area contributed by atoms with E-state index in [1.807, 2.05) is 0 Å². The first kappa shape index (κ1) is 12.5. The van der Waals surface area contributed by atoms with Crippen molar-refractivity contribution >= 4 is 17.6 Å². The van der Waals surface area contributed by atoms with Gasteiger partial charge in [-0.25, -0.2) is 0 Å². The summed E-state index contributed by atoms with van der Waals surface area (Å²) in [4.78, 5) is 5.55. The van der Waals surface area contributed by atoms with E-state index in [-0.39, 0.29) is 24.9 Å². The van der Waals surface area contributed by atoms with Gasteiger partial charge < -0.3 is 9.32 Å². The van der Waals surface area contributed by atoms with Crippen LogP contribution < -0.4 is 4.90 Å². The first-order valence-electron chi connectivity index (χ1n) is 5.32. The number of alkyl halides is 4. The lowest BCUT2D eigenvalue weighted by molar-refractivity contribution is -0.176. The minimum Gasteiger partial charge on any atom is -0.432 e. The van der Waals surface area contributed by atoms with Crippen molar-refractivity contribution in [2.24, 2.45) is 5.92 Å². The molecule has 1 aliphatic rings. The van der Waals surface area contributed by atoms with Crippen LogP contribution in [0, 0.1) is 5.92 Å². The van der Waals surface area contributed by atoms with Crippen LogP contribution in [0.5, 0.6) is 0 Å². The molecule has 0 radical (unpaired) electrons. The highest BCUT2D eigenvalue weighted by Crippen LogP contribution is 2.34. The monoisotopic (exact) mass is 268 g/mol. The molecule has 0 aromatic carbocycles. The Bertz CT molecular complexity index is 380. The summed E-state index contributed by atoms with van der Waals surface area (Å²) in [6.07, 6.45) is -2.12. The quantitative estimate of drug-likeness (QED) is 0.772. The second-order valence-corrected chi connectivity index (χ2v) is 4.35. The molecule has 0 bridgehead atoms. The summed E-state index contributed by atoms with van der Waals surface area (Å²) in [5, 5.41) is 0. The molecule has 1 aromatic rings. The van der Waals surface area contributed by atoms with Crippen LogP contribution in [0.3, 0.4) is 0 Å². The summed E-state index contributed by atoms with van der Waals surface area (Å²) < 4.78 is 42.9. The molecule has 3 nitrogen and oxygen atoms in total. The van der Waals surface area contributed by atoms with Crippen LogP contribution in [0.1, 0.15) is 18.5 Å². The molecule has 1 aromatic heterocycles. The molecule has 96 valence electrons. The van der Waals surface area contributed by atoms with Gasteiger partial charge in [0.1, 0.15) is 6.26 Å². The number of piperidine rings is 1. The lowest BCUT2D eigenvalue weighted by atomic mass is 9.98. The van der Waals surface area contributed by atoms with E-state index in [9.17, 15) is 13.2 Å². The molecule has 2 heterocycles. The fraction of sp³-hybridized carbons (Fsp3) is 0.700. The Hall–Kier alpha value is -0.910. The molecule has 1 unspecified atom stereocenters. The van der Waals surface area contributed by atoms with Gasteiger partial charge in [0.15, 0.2) is 0 Å². The standard InChI is InChI=1S/C10H12ClF3N2O/c11-4-8-6-17-9(15-8)16-3-1-2-7(5-16)10(12,13)14/h6-7H,1-5H2. The zero-order valence-electron chi connectivity index (χ0n) is 9.00. The van der Waals surface area contributed by atoms with Gasteiger partial charge in [0.05, 0.1) is 17.5 Å². The SMILES string of the molecule is FC(F)(F)C1CCCN(c2nc(CCl)co2)C1. The predicted molar refractivity (Wildman–Crippen MR) is 57.1 cm³/mol. The molecule has 1 saturated heterocycles. The van der Waals surface area contributed by atoms with Gasteiger partial charge >= 0.3 is 6.18 Å². The third-order valence-electron chi connectivity index (χ3n) is 2.83. The zero-order valence-corrected chi connectivity index (χ0v) is 9.76. The lowest BCUT2D eigenvalue weighted by Crippen LogP contribution is -2.41.